The summed E-state index contributed by atoms with van der Waals surface area (Å²) in [4.78, 5) is 15.7. The van der Waals surface area contributed by atoms with Gasteiger partial charge in [-0.1, -0.05) is 188 Å². The standard InChI is InChI=1S/C59H38N4/c1-4-16-39(17-5-1)51-37-52(41-18-6-2-7-19-41)60-55-36-50(46-22-10-11-25-49(46)58(51)55)40-28-30-42(31-29-40)53-38-54(62-59(61-53)44-20-8-3-9-21-44)43-32-34-45(35-33-43)63-56-26-14-12-23-47(56)48-24-13-15-27-57(48)63/h1-38H. The van der Waals surface area contributed by atoms with Crippen molar-refractivity contribution in [3.8, 4) is 73.1 Å². The van der Waals surface area contributed by atoms with Gasteiger partial charge in [0, 0.05) is 44.1 Å². The summed E-state index contributed by atoms with van der Waals surface area (Å²) in [7, 11) is 0. The molecule has 3 heterocycles. The minimum absolute atomic E-state index is 0.689. The number of hydrogen-bond acceptors (Lipinski definition) is 3. The lowest BCUT2D eigenvalue weighted by molar-refractivity contribution is 1.17. The van der Waals surface area contributed by atoms with Crippen molar-refractivity contribution in [3.63, 3.8) is 0 Å². The molecule has 12 aromatic rings. The fraction of sp³-hybridized carbons (Fsp3) is 0. The predicted octanol–water partition coefficient (Wildman–Crippen LogP) is 15.3. The highest BCUT2D eigenvalue weighted by molar-refractivity contribution is 6.18. The fourth-order valence-electron chi connectivity index (χ4n) is 9.21. The van der Waals surface area contributed by atoms with Crippen LogP contribution in [0.2, 0.25) is 0 Å². The molecule has 0 atom stereocenters. The van der Waals surface area contributed by atoms with Crippen molar-refractivity contribution in [3.05, 3.63) is 231 Å². The molecular formula is C59H38N4. The summed E-state index contributed by atoms with van der Waals surface area (Å²) in [6.45, 7) is 0. The monoisotopic (exact) mass is 802 g/mol. The van der Waals surface area contributed by atoms with E-state index in [-0.39, 0.29) is 0 Å². The molecule has 294 valence electrons. The lowest BCUT2D eigenvalue weighted by atomic mass is 9.90. The molecule has 0 spiro atoms. The summed E-state index contributed by atoms with van der Waals surface area (Å²) in [5.74, 6) is 0.689. The first-order chi connectivity index (χ1) is 31.2. The number of fused-ring (bicyclic) bond motifs is 6. The van der Waals surface area contributed by atoms with E-state index in [1.165, 1.54) is 43.7 Å². The van der Waals surface area contributed by atoms with E-state index >= 15 is 0 Å². The molecule has 0 amide bonds. The van der Waals surface area contributed by atoms with Gasteiger partial charge < -0.3 is 4.57 Å². The molecular weight excluding hydrogens is 765 g/mol. The van der Waals surface area contributed by atoms with Gasteiger partial charge in [-0.25, -0.2) is 15.0 Å². The number of aromatic nitrogens is 4. The molecule has 0 N–H and O–H groups in total. The van der Waals surface area contributed by atoms with Crippen LogP contribution in [0.3, 0.4) is 0 Å². The number of rotatable bonds is 7. The average molecular weight is 803 g/mol. The van der Waals surface area contributed by atoms with E-state index in [2.05, 4.69) is 211 Å². The van der Waals surface area contributed by atoms with E-state index in [0.29, 0.717) is 5.82 Å². The lowest BCUT2D eigenvalue weighted by Gasteiger charge is -2.16. The Hall–Kier alpha value is -8.47. The van der Waals surface area contributed by atoms with Crippen LogP contribution in [0.1, 0.15) is 0 Å². The molecule has 0 radical (unpaired) electrons. The second kappa shape index (κ2) is 15.2. The third-order valence-corrected chi connectivity index (χ3v) is 12.2. The first-order valence-corrected chi connectivity index (χ1v) is 21.4. The smallest absolute Gasteiger partial charge is 0.160 e. The van der Waals surface area contributed by atoms with Crippen molar-refractivity contribution < 1.29 is 0 Å². The van der Waals surface area contributed by atoms with Crippen LogP contribution < -0.4 is 0 Å². The van der Waals surface area contributed by atoms with Crippen molar-refractivity contribution in [1.82, 2.24) is 19.5 Å². The molecule has 0 unspecified atom stereocenters. The second-order valence-electron chi connectivity index (χ2n) is 16.0. The molecule has 0 bridgehead atoms. The van der Waals surface area contributed by atoms with Gasteiger partial charge in [0.15, 0.2) is 5.82 Å². The summed E-state index contributed by atoms with van der Waals surface area (Å²) < 4.78 is 2.34. The average Bonchev–Trinajstić information content (AvgIpc) is 3.71. The Balaban J connectivity index is 0.964. The Kier molecular flexibility index (Phi) is 8.79. The second-order valence-corrected chi connectivity index (χ2v) is 16.0. The summed E-state index contributed by atoms with van der Waals surface area (Å²) in [5, 5.41) is 6.01. The van der Waals surface area contributed by atoms with Crippen LogP contribution in [0, 0.1) is 0 Å². The molecule has 63 heavy (non-hydrogen) atoms. The Morgan fingerprint density at radius 2 is 0.714 bits per heavy atom. The van der Waals surface area contributed by atoms with Gasteiger partial charge in [-0.05, 0) is 75.5 Å². The summed E-state index contributed by atoms with van der Waals surface area (Å²) in [5.41, 5.74) is 15.8. The Bertz CT molecular complexity index is 3580. The number of hydrogen-bond donors (Lipinski definition) is 0. The van der Waals surface area contributed by atoms with E-state index in [0.717, 1.165) is 67.1 Å². The third kappa shape index (κ3) is 6.44. The van der Waals surface area contributed by atoms with E-state index in [1.54, 1.807) is 0 Å². The SMILES string of the molecule is c1ccc(-c2cc(-c3ccccc3)c3c(cc(-c4ccc(-c5cc(-c6ccc(-n7c8ccccc8c8ccccc87)cc6)nc(-c6ccccc6)n5)cc4)c4ccccc43)n2)cc1. The van der Waals surface area contributed by atoms with Crippen LogP contribution in [0.4, 0.5) is 0 Å². The first kappa shape index (κ1) is 36.4. The van der Waals surface area contributed by atoms with Gasteiger partial charge in [0.1, 0.15) is 0 Å². The highest BCUT2D eigenvalue weighted by atomic mass is 15.0. The largest absolute Gasteiger partial charge is 0.309 e. The molecule has 3 aromatic heterocycles. The highest BCUT2D eigenvalue weighted by Crippen LogP contribution is 2.41. The molecule has 0 fully saturated rings. The van der Waals surface area contributed by atoms with Crippen molar-refractivity contribution in [2.24, 2.45) is 0 Å². The number of para-hydroxylation sites is 2. The molecule has 4 heteroatoms. The Labute approximate surface area is 365 Å². The maximum atomic E-state index is 5.34. The van der Waals surface area contributed by atoms with Crippen LogP contribution >= 0.6 is 0 Å². The molecule has 0 aliphatic carbocycles. The summed E-state index contributed by atoms with van der Waals surface area (Å²) in [6, 6.07) is 81.5. The van der Waals surface area contributed by atoms with Crippen molar-refractivity contribution in [2.75, 3.05) is 0 Å². The summed E-state index contributed by atoms with van der Waals surface area (Å²) in [6.07, 6.45) is 0. The van der Waals surface area contributed by atoms with E-state index in [9.17, 15) is 0 Å². The van der Waals surface area contributed by atoms with Gasteiger partial charge in [-0.3, -0.25) is 0 Å². The molecule has 9 aromatic carbocycles. The molecule has 0 aliphatic rings. The third-order valence-electron chi connectivity index (χ3n) is 12.2. The molecule has 12 rings (SSSR count). The Morgan fingerprint density at radius 3 is 1.32 bits per heavy atom. The van der Waals surface area contributed by atoms with E-state index in [4.69, 9.17) is 15.0 Å². The zero-order valence-corrected chi connectivity index (χ0v) is 34.2. The fourth-order valence-corrected chi connectivity index (χ4v) is 9.21. The highest BCUT2D eigenvalue weighted by Gasteiger charge is 2.18. The topological polar surface area (TPSA) is 43.6 Å². The van der Waals surface area contributed by atoms with Crippen LogP contribution in [0.25, 0.3) is 117 Å². The van der Waals surface area contributed by atoms with Gasteiger partial charge in [0.05, 0.1) is 33.6 Å². The van der Waals surface area contributed by atoms with Crippen LogP contribution in [-0.4, -0.2) is 19.5 Å². The lowest BCUT2D eigenvalue weighted by Crippen LogP contribution is -1.97. The molecule has 0 saturated heterocycles. The van der Waals surface area contributed by atoms with Crippen LogP contribution in [0.15, 0.2) is 231 Å². The first-order valence-electron chi connectivity index (χ1n) is 21.4. The summed E-state index contributed by atoms with van der Waals surface area (Å²) >= 11 is 0. The number of pyridine rings is 1. The predicted molar refractivity (Wildman–Crippen MR) is 262 cm³/mol. The normalized spacial score (nSPS) is 11.5. The molecule has 4 nitrogen and oxygen atoms in total. The van der Waals surface area contributed by atoms with Crippen molar-refractivity contribution >= 4 is 43.5 Å². The molecule has 0 saturated carbocycles. The van der Waals surface area contributed by atoms with Crippen molar-refractivity contribution in [1.29, 1.82) is 0 Å². The van der Waals surface area contributed by atoms with Crippen LogP contribution in [-0.2, 0) is 0 Å². The molecule has 0 aliphatic heterocycles. The maximum absolute atomic E-state index is 5.34. The maximum Gasteiger partial charge on any atom is 0.160 e. The van der Waals surface area contributed by atoms with E-state index in [1.807, 2.05) is 24.3 Å². The van der Waals surface area contributed by atoms with Crippen LogP contribution in [0.5, 0.6) is 0 Å². The number of nitrogens with zero attached hydrogens (tertiary/aromatic N) is 4. The van der Waals surface area contributed by atoms with Gasteiger partial charge in [-0.2, -0.15) is 0 Å². The quantitative estimate of drug-likeness (QED) is 0.151. The minimum Gasteiger partial charge on any atom is -0.309 e. The zero-order chi connectivity index (χ0) is 41.7. The van der Waals surface area contributed by atoms with Crippen molar-refractivity contribution in [2.45, 2.75) is 0 Å². The Morgan fingerprint density at radius 1 is 0.286 bits per heavy atom. The minimum atomic E-state index is 0.689. The van der Waals surface area contributed by atoms with E-state index < -0.39 is 0 Å². The van der Waals surface area contributed by atoms with Gasteiger partial charge in [-0.15, -0.1) is 0 Å². The van der Waals surface area contributed by atoms with Gasteiger partial charge in [0.2, 0.25) is 0 Å². The number of benzene rings is 9. The van der Waals surface area contributed by atoms with Gasteiger partial charge in [0.25, 0.3) is 0 Å². The zero-order valence-electron chi connectivity index (χ0n) is 34.2. The van der Waals surface area contributed by atoms with Gasteiger partial charge >= 0.3 is 0 Å².